The first kappa shape index (κ1) is 12.8. The lowest BCUT2D eigenvalue weighted by Gasteiger charge is -2.07. The van der Waals surface area contributed by atoms with Gasteiger partial charge in [-0.2, -0.15) is 15.0 Å². The third kappa shape index (κ3) is 2.96. The molecule has 0 fully saturated rings. The van der Waals surface area contributed by atoms with Crippen molar-refractivity contribution in [1.82, 2.24) is 15.0 Å². The topological polar surface area (TPSA) is 62.7 Å². The summed E-state index contributed by atoms with van der Waals surface area (Å²) in [5.74, 6) is -0.0857. The number of rotatable bonds is 3. The van der Waals surface area contributed by atoms with Crippen LogP contribution in [0.15, 0.2) is 18.2 Å². The molecule has 1 aromatic heterocycles. The van der Waals surface area contributed by atoms with Gasteiger partial charge in [-0.25, -0.2) is 4.39 Å². The van der Waals surface area contributed by atoms with Crippen LogP contribution in [0.5, 0.6) is 0 Å². The second-order valence-corrected chi connectivity index (χ2v) is 4.03. The summed E-state index contributed by atoms with van der Waals surface area (Å²) in [7, 11) is 1.64. The maximum absolute atomic E-state index is 13.6. The molecule has 5 nitrogen and oxygen atoms in total. The standard InChI is InChI=1S/C10H8Cl2FN5/c1-14-9-16-8(12)17-10(18-9)15-7-3-2-5(11)4-6(7)13/h2-4H,1H3,(H2,14,15,16,17,18). The molecule has 0 bridgehead atoms. The number of nitrogens with zero attached hydrogens (tertiary/aromatic N) is 3. The van der Waals surface area contributed by atoms with Gasteiger partial charge in [-0.15, -0.1) is 0 Å². The molecule has 94 valence electrons. The van der Waals surface area contributed by atoms with Crippen LogP contribution in [0.1, 0.15) is 0 Å². The van der Waals surface area contributed by atoms with E-state index in [1.807, 2.05) is 0 Å². The van der Waals surface area contributed by atoms with Crippen LogP contribution in [0.3, 0.4) is 0 Å². The third-order valence-corrected chi connectivity index (χ3v) is 2.41. The van der Waals surface area contributed by atoms with Crippen LogP contribution in [0.4, 0.5) is 22.0 Å². The smallest absolute Gasteiger partial charge is 0.233 e. The van der Waals surface area contributed by atoms with Crippen molar-refractivity contribution < 1.29 is 4.39 Å². The zero-order chi connectivity index (χ0) is 13.1. The van der Waals surface area contributed by atoms with Gasteiger partial charge in [-0.1, -0.05) is 11.6 Å². The number of aromatic nitrogens is 3. The maximum Gasteiger partial charge on any atom is 0.233 e. The quantitative estimate of drug-likeness (QED) is 0.908. The van der Waals surface area contributed by atoms with E-state index in [1.165, 1.54) is 12.1 Å². The van der Waals surface area contributed by atoms with Gasteiger partial charge in [-0.3, -0.25) is 0 Å². The maximum atomic E-state index is 13.6. The number of hydrogen-bond acceptors (Lipinski definition) is 5. The highest BCUT2D eigenvalue weighted by molar-refractivity contribution is 6.30. The summed E-state index contributed by atoms with van der Waals surface area (Å²) in [6.07, 6.45) is 0. The van der Waals surface area contributed by atoms with Crippen LogP contribution < -0.4 is 10.6 Å². The van der Waals surface area contributed by atoms with E-state index >= 15 is 0 Å². The van der Waals surface area contributed by atoms with Gasteiger partial charge >= 0.3 is 0 Å². The molecule has 0 aliphatic rings. The molecule has 2 rings (SSSR count). The predicted molar refractivity (Wildman–Crippen MR) is 69.1 cm³/mol. The van der Waals surface area contributed by atoms with Crippen molar-refractivity contribution in [2.45, 2.75) is 0 Å². The zero-order valence-corrected chi connectivity index (χ0v) is 10.7. The fraction of sp³-hybridized carbons (Fsp3) is 0.100. The van der Waals surface area contributed by atoms with E-state index in [0.717, 1.165) is 0 Å². The molecular weight excluding hydrogens is 280 g/mol. The molecule has 2 N–H and O–H groups in total. The Hall–Kier alpha value is -1.66. The highest BCUT2D eigenvalue weighted by Gasteiger charge is 2.07. The summed E-state index contributed by atoms with van der Waals surface area (Å²) < 4.78 is 13.6. The van der Waals surface area contributed by atoms with Crippen LogP contribution >= 0.6 is 23.2 Å². The minimum Gasteiger partial charge on any atom is -0.357 e. The van der Waals surface area contributed by atoms with E-state index in [-0.39, 0.29) is 22.9 Å². The minimum absolute atomic E-state index is 0.00576. The van der Waals surface area contributed by atoms with Gasteiger partial charge in [0.05, 0.1) is 5.69 Å². The van der Waals surface area contributed by atoms with Crippen molar-refractivity contribution in [1.29, 1.82) is 0 Å². The van der Waals surface area contributed by atoms with E-state index in [4.69, 9.17) is 23.2 Å². The van der Waals surface area contributed by atoms with E-state index in [0.29, 0.717) is 5.02 Å². The molecule has 18 heavy (non-hydrogen) atoms. The summed E-state index contributed by atoms with van der Waals surface area (Å²) >= 11 is 11.4. The Labute approximate surface area is 112 Å². The van der Waals surface area contributed by atoms with Crippen molar-refractivity contribution in [3.63, 3.8) is 0 Å². The average Bonchev–Trinajstić information content (AvgIpc) is 2.32. The first-order chi connectivity index (χ1) is 8.58. The molecule has 0 unspecified atom stereocenters. The van der Waals surface area contributed by atoms with Crippen molar-refractivity contribution in [3.8, 4) is 0 Å². The molecule has 0 saturated carbocycles. The summed E-state index contributed by atoms with van der Waals surface area (Å²) in [4.78, 5) is 11.6. The van der Waals surface area contributed by atoms with Crippen molar-refractivity contribution >= 4 is 40.8 Å². The average molecular weight is 288 g/mol. The molecule has 0 amide bonds. The summed E-state index contributed by atoms with van der Waals surface area (Å²) in [6, 6.07) is 4.22. The lowest BCUT2D eigenvalue weighted by molar-refractivity contribution is 0.631. The van der Waals surface area contributed by atoms with Crippen LogP contribution in [-0.2, 0) is 0 Å². The molecule has 0 saturated heterocycles. The van der Waals surface area contributed by atoms with Crippen LogP contribution in [0.25, 0.3) is 0 Å². The molecule has 0 spiro atoms. The molecular formula is C10H8Cl2FN5. The number of halogens is 3. The first-order valence-electron chi connectivity index (χ1n) is 4.90. The fourth-order valence-electron chi connectivity index (χ4n) is 1.23. The highest BCUT2D eigenvalue weighted by Crippen LogP contribution is 2.22. The Balaban J connectivity index is 2.30. The SMILES string of the molecule is CNc1nc(Cl)nc(Nc2ccc(Cl)cc2F)n1. The van der Waals surface area contributed by atoms with Gasteiger partial charge in [0.15, 0.2) is 0 Å². The molecule has 1 aromatic carbocycles. The Kier molecular flexibility index (Phi) is 3.78. The predicted octanol–water partition coefficient (Wildman–Crippen LogP) is 3.10. The monoisotopic (exact) mass is 287 g/mol. The molecule has 8 heteroatoms. The minimum atomic E-state index is -0.509. The molecule has 0 radical (unpaired) electrons. The van der Waals surface area contributed by atoms with E-state index in [1.54, 1.807) is 13.1 Å². The van der Waals surface area contributed by atoms with E-state index in [2.05, 4.69) is 25.6 Å². The Morgan fingerprint density at radius 3 is 2.50 bits per heavy atom. The lowest BCUT2D eigenvalue weighted by atomic mass is 10.3. The van der Waals surface area contributed by atoms with Crippen LogP contribution in [-0.4, -0.2) is 22.0 Å². The van der Waals surface area contributed by atoms with Crippen molar-refractivity contribution in [3.05, 3.63) is 34.3 Å². The highest BCUT2D eigenvalue weighted by atomic mass is 35.5. The molecule has 1 heterocycles. The second kappa shape index (κ2) is 5.32. The van der Waals surface area contributed by atoms with Crippen LogP contribution in [0.2, 0.25) is 10.3 Å². The zero-order valence-electron chi connectivity index (χ0n) is 9.21. The molecule has 0 aliphatic carbocycles. The molecule has 0 atom stereocenters. The Morgan fingerprint density at radius 1 is 1.11 bits per heavy atom. The first-order valence-corrected chi connectivity index (χ1v) is 5.65. The van der Waals surface area contributed by atoms with Crippen molar-refractivity contribution in [2.24, 2.45) is 0 Å². The molecule has 0 aliphatic heterocycles. The summed E-state index contributed by atoms with van der Waals surface area (Å²) in [5, 5.41) is 5.72. The largest absolute Gasteiger partial charge is 0.357 e. The number of nitrogens with one attached hydrogen (secondary N) is 2. The number of hydrogen-bond donors (Lipinski definition) is 2. The Bertz CT molecular complexity index is 578. The number of anilines is 3. The molecule has 2 aromatic rings. The van der Waals surface area contributed by atoms with Gasteiger partial charge in [0.2, 0.25) is 17.2 Å². The van der Waals surface area contributed by atoms with E-state index in [9.17, 15) is 4.39 Å². The van der Waals surface area contributed by atoms with E-state index < -0.39 is 5.82 Å². The van der Waals surface area contributed by atoms with Gasteiger partial charge in [0, 0.05) is 12.1 Å². The summed E-state index contributed by atoms with van der Waals surface area (Å²) in [6.45, 7) is 0. The lowest BCUT2D eigenvalue weighted by Crippen LogP contribution is -2.04. The second-order valence-electron chi connectivity index (χ2n) is 3.25. The van der Waals surface area contributed by atoms with Crippen LogP contribution in [0, 0.1) is 5.82 Å². The van der Waals surface area contributed by atoms with Gasteiger partial charge in [0.25, 0.3) is 0 Å². The fourth-order valence-corrected chi connectivity index (χ4v) is 1.55. The van der Waals surface area contributed by atoms with Gasteiger partial charge < -0.3 is 10.6 Å². The number of benzene rings is 1. The normalized spacial score (nSPS) is 10.2. The van der Waals surface area contributed by atoms with Gasteiger partial charge in [-0.05, 0) is 29.8 Å². The summed E-state index contributed by atoms with van der Waals surface area (Å²) in [5.41, 5.74) is 0.198. The van der Waals surface area contributed by atoms with Crippen molar-refractivity contribution in [2.75, 3.05) is 17.7 Å². The Morgan fingerprint density at radius 2 is 1.83 bits per heavy atom. The van der Waals surface area contributed by atoms with Gasteiger partial charge in [0.1, 0.15) is 5.82 Å². The third-order valence-electron chi connectivity index (χ3n) is 2.01.